The van der Waals surface area contributed by atoms with Crippen LogP contribution in [-0.2, 0) is 11.2 Å². The number of hydrogen-bond acceptors (Lipinski definition) is 1. The molecule has 0 aliphatic rings. The standard InChI is InChI=1S/C15H21BrClNO/c1-3-9-18(10-4-2)15(19)13(16)11-12-7-5-6-8-14(12)17/h5-8,13H,3-4,9-11H2,1-2H3. The van der Waals surface area contributed by atoms with E-state index < -0.39 is 0 Å². The summed E-state index contributed by atoms with van der Waals surface area (Å²) in [4.78, 5) is 14.1. The van der Waals surface area contributed by atoms with Gasteiger partial charge in [0.2, 0.25) is 5.91 Å². The average Bonchev–Trinajstić information content (AvgIpc) is 2.40. The van der Waals surface area contributed by atoms with E-state index in [0.29, 0.717) is 6.42 Å². The summed E-state index contributed by atoms with van der Waals surface area (Å²) in [6, 6.07) is 7.67. The van der Waals surface area contributed by atoms with Crippen molar-refractivity contribution < 1.29 is 4.79 Å². The molecule has 1 aromatic rings. The molecule has 1 atom stereocenters. The minimum atomic E-state index is -0.203. The van der Waals surface area contributed by atoms with Gasteiger partial charge < -0.3 is 4.90 Å². The fourth-order valence-corrected chi connectivity index (χ4v) is 2.87. The largest absolute Gasteiger partial charge is 0.342 e. The molecule has 0 radical (unpaired) electrons. The normalized spacial score (nSPS) is 12.2. The minimum Gasteiger partial charge on any atom is -0.342 e. The molecule has 1 aromatic carbocycles. The number of halogens is 2. The molecule has 2 nitrogen and oxygen atoms in total. The van der Waals surface area contributed by atoms with Crippen molar-refractivity contribution in [1.29, 1.82) is 0 Å². The molecule has 0 saturated heterocycles. The van der Waals surface area contributed by atoms with Crippen molar-refractivity contribution in [1.82, 2.24) is 4.90 Å². The molecule has 0 aliphatic carbocycles. The smallest absolute Gasteiger partial charge is 0.236 e. The summed E-state index contributed by atoms with van der Waals surface area (Å²) in [6.07, 6.45) is 2.59. The molecular weight excluding hydrogens is 326 g/mol. The van der Waals surface area contributed by atoms with Crippen LogP contribution in [0.25, 0.3) is 0 Å². The first-order valence-electron chi connectivity index (χ1n) is 6.76. The summed E-state index contributed by atoms with van der Waals surface area (Å²) in [5.41, 5.74) is 1.01. The van der Waals surface area contributed by atoms with Gasteiger partial charge in [0.05, 0.1) is 4.83 Å². The molecule has 4 heteroatoms. The first kappa shape index (κ1) is 16.5. The number of carbonyl (C=O) groups excluding carboxylic acids is 1. The molecule has 0 spiro atoms. The quantitative estimate of drug-likeness (QED) is 0.674. The van der Waals surface area contributed by atoms with E-state index in [0.717, 1.165) is 36.5 Å². The van der Waals surface area contributed by atoms with Crippen molar-refractivity contribution in [3.8, 4) is 0 Å². The molecule has 0 saturated carbocycles. The van der Waals surface area contributed by atoms with Crippen molar-refractivity contribution in [2.45, 2.75) is 37.9 Å². The summed E-state index contributed by atoms with van der Waals surface area (Å²) in [5, 5.41) is 0.720. The SMILES string of the molecule is CCCN(CCC)C(=O)C(Br)Cc1ccccc1Cl. The second kappa shape index (κ2) is 8.60. The predicted octanol–water partition coefficient (Wildman–Crippen LogP) is 4.29. The highest BCUT2D eigenvalue weighted by atomic mass is 79.9. The molecule has 0 N–H and O–H groups in total. The highest BCUT2D eigenvalue weighted by molar-refractivity contribution is 9.10. The molecule has 0 bridgehead atoms. The Labute approximate surface area is 129 Å². The van der Waals surface area contributed by atoms with Crippen LogP contribution in [0.3, 0.4) is 0 Å². The Hall–Kier alpha value is -0.540. The zero-order chi connectivity index (χ0) is 14.3. The Morgan fingerprint density at radius 1 is 1.26 bits per heavy atom. The van der Waals surface area contributed by atoms with Crippen molar-refractivity contribution in [2.75, 3.05) is 13.1 Å². The van der Waals surface area contributed by atoms with Gasteiger partial charge in [0.1, 0.15) is 0 Å². The summed E-state index contributed by atoms with van der Waals surface area (Å²) in [5.74, 6) is 0.156. The van der Waals surface area contributed by atoms with E-state index in [1.54, 1.807) is 0 Å². The molecule has 106 valence electrons. The van der Waals surface area contributed by atoms with Crippen molar-refractivity contribution >= 4 is 33.4 Å². The maximum Gasteiger partial charge on any atom is 0.236 e. The molecule has 1 unspecified atom stereocenters. The lowest BCUT2D eigenvalue weighted by Gasteiger charge is -2.24. The molecule has 1 rings (SSSR count). The lowest BCUT2D eigenvalue weighted by atomic mass is 10.1. The molecular formula is C15H21BrClNO. The average molecular weight is 347 g/mol. The van der Waals surface area contributed by atoms with Gasteiger partial charge >= 0.3 is 0 Å². The van der Waals surface area contributed by atoms with E-state index in [-0.39, 0.29) is 10.7 Å². The summed E-state index contributed by atoms with van der Waals surface area (Å²) < 4.78 is 0. The van der Waals surface area contributed by atoms with Crippen LogP contribution in [0, 0.1) is 0 Å². The Kier molecular flexibility index (Phi) is 7.47. The Morgan fingerprint density at radius 2 is 1.84 bits per heavy atom. The third kappa shape index (κ3) is 5.15. The van der Waals surface area contributed by atoms with E-state index in [4.69, 9.17) is 11.6 Å². The zero-order valence-electron chi connectivity index (χ0n) is 11.5. The van der Waals surface area contributed by atoms with Crippen LogP contribution in [0.1, 0.15) is 32.3 Å². The highest BCUT2D eigenvalue weighted by Crippen LogP contribution is 2.20. The molecule has 19 heavy (non-hydrogen) atoms. The number of alkyl halides is 1. The Morgan fingerprint density at radius 3 is 2.37 bits per heavy atom. The number of carbonyl (C=O) groups is 1. The molecule has 0 fully saturated rings. The number of amides is 1. The first-order chi connectivity index (χ1) is 9.10. The number of benzene rings is 1. The van der Waals surface area contributed by atoms with Gasteiger partial charge in [0.25, 0.3) is 0 Å². The Balaban J connectivity index is 2.68. The molecule has 0 heterocycles. The van der Waals surface area contributed by atoms with Crippen molar-refractivity contribution in [2.24, 2.45) is 0 Å². The first-order valence-corrected chi connectivity index (χ1v) is 8.05. The zero-order valence-corrected chi connectivity index (χ0v) is 13.9. The van der Waals surface area contributed by atoms with Gasteiger partial charge in [-0.1, -0.05) is 59.6 Å². The fraction of sp³-hybridized carbons (Fsp3) is 0.533. The third-order valence-electron chi connectivity index (χ3n) is 2.92. The van der Waals surface area contributed by atoms with Gasteiger partial charge in [-0.3, -0.25) is 4.79 Å². The maximum absolute atomic E-state index is 12.4. The summed E-state index contributed by atoms with van der Waals surface area (Å²) in [6.45, 7) is 5.81. The summed E-state index contributed by atoms with van der Waals surface area (Å²) >= 11 is 9.63. The Bertz CT molecular complexity index is 405. The van der Waals surface area contributed by atoms with E-state index in [9.17, 15) is 4.79 Å². The van der Waals surface area contributed by atoms with Gasteiger partial charge in [0.15, 0.2) is 0 Å². The minimum absolute atomic E-state index is 0.156. The van der Waals surface area contributed by atoms with Crippen LogP contribution in [0.15, 0.2) is 24.3 Å². The second-order valence-corrected chi connectivity index (χ2v) is 6.10. The van der Waals surface area contributed by atoms with Crippen LogP contribution in [0.4, 0.5) is 0 Å². The fourth-order valence-electron chi connectivity index (χ4n) is 2.01. The topological polar surface area (TPSA) is 20.3 Å². The second-order valence-electron chi connectivity index (χ2n) is 4.59. The number of nitrogens with zero attached hydrogens (tertiary/aromatic N) is 1. The van der Waals surface area contributed by atoms with Gasteiger partial charge in [-0.2, -0.15) is 0 Å². The van der Waals surface area contributed by atoms with Crippen molar-refractivity contribution in [3.63, 3.8) is 0 Å². The monoisotopic (exact) mass is 345 g/mol. The van der Waals surface area contributed by atoms with E-state index in [2.05, 4.69) is 29.8 Å². The predicted molar refractivity (Wildman–Crippen MR) is 85.0 cm³/mol. The molecule has 1 amide bonds. The third-order valence-corrected chi connectivity index (χ3v) is 4.01. The van der Waals surface area contributed by atoms with E-state index in [1.165, 1.54) is 0 Å². The highest BCUT2D eigenvalue weighted by Gasteiger charge is 2.21. The van der Waals surface area contributed by atoms with Gasteiger partial charge in [-0.05, 0) is 30.9 Å². The lowest BCUT2D eigenvalue weighted by molar-refractivity contribution is -0.130. The van der Waals surface area contributed by atoms with Crippen LogP contribution in [0.5, 0.6) is 0 Å². The van der Waals surface area contributed by atoms with Crippen molar-refractivity contribution in [3.05, 3.63) is 34.9 Å². The molecule has 0 aromatic heterocycles. The van der Waals surface area contributed by atoms with Gasteiger partial charge in [-0.15, -0.1) is 0 Å². The molecule has 0 aliphatic heterocycles. The van der Waals surface area contributed by atoms with Crippen LogP contribution >= 0.6 is 27.5 Å². The van der Waals surface area contributed by atoms with E-state index in [1.807, 2.05) is 29.2 Å². The number of hydrogen-bond donors (Lipinski definition) is 0. The van der Waals surface area contributed by atoms with E-state index >= 15 is 0 Å². The summed E-state index contributed by atoms with van der Waals surface area (Å²) in [7, 11) is 0. The van der Waals surface area contributed by atoms with Gasteiger partial charge in [-0.25, -0.2) is 0 Å². The van der Waals surface area contributed by atoms with Gasteiger partial charge in [0, 0.05) is 18.1 Å². The van der Waals surface area contributed by atoms with Crippen LogP contribution < -0.4 is 0 Å². The number of rotatable bonds is 7. The van der Waals surface area contributed by atoms with Crippen LogP contribution in [0.2, 0.25) is 5.02 Å². The van der Waals surface area contributed by atoms with Crippen LogP contribution in [-0.4, -0.2) is 28.7 Å². The maximum atomic E-state index is 12.4. The lowest BCUT2D eigenvalue weighted by Crippen LogP contribution is -2.38.